The van der Waals surface area contributed by atoms with Crippen LogP contribution in [0.25, 0.3) is 0 Å². The van der Waals surface area contributed by atoms with Crippen molar-refractivity contribution in [2.45, 2.75) is 25.8 Å². The molecule has 0 bridgehead atoms. The first kappa shape index (κ1) is 21.7. The number of fused-ring (bicyclic) bond motifs is 1. The van der Waals surface area contributed by atoms with E-state index in [4.69, 9.17) is 0 Å². The molecule has 3 rings (SSSR count). The summed E-state index contributed by atoms with van der Waals surface area (Å²) in [6.45, 7) is 4.69. The number of benzene rings is 1. The van der Waals surface area contributed by atoms with Gasteiger partial charge in [0.05, 0.1) is 6.54 Å². The molecule has 0 spiro atoms. The second-order valence-electron chi connectivity index (χ2n) is 6.60. The van der Waals surface area contributed by atoms with Gasteiger partial charge >= 0.3 is 0 Å². The van der Waals surface area contributed by atoms with Gasteiger partial charge in [0.1, 0.15) is 0 Å². The Morgan fingerprint density at radius 3 is 2.74 bits per heavy atom. The summed E-state index contributed by atoms with van der Waals surface area (Å²) in [7, 11) is 1.73. The fraction of sp³-hybridized carbons (Fsp3) is 0.400. The number of halogens is 1. The second-order valence-corrected chi connectivity index (χ2v) is 7.38. The summed E-state index contributed by atoms with van der Waals surface area (Å²) < 4.78 is 0. The van der Waals surface area contributed by atoms with Gasteiger partial charge in [0, 0.05) is 26.7 Å². The zero-order chi connectivity index (χ0) is 18.4. The SMILES string of the molecule is CN=C(NCC(=O)N1CCc2ccccc2C1)NCC(C)c1ccsc1.I. The number of amides is 1. The van der Waals surface area contributed by atoms with E-state index >= 15 is 0 Å². The number of rotatable bonds is 5. The Morgan fingerprint density at radius 2 is 2.04 bits per heavy atom. The molecule has 27 heavy (non-hydrogen) atoms. The van der Waals surface area contributed by atoms with Crippen molar-refractivity contribution in [3.05, 3.63) is 57.8 Å². The van der Waals surface area contributed by atoms with Gasteiger partial charge in [-0.05, 0) is 45.9 Å². The number of hydrogen-bond acceptors (Lipinski definition) is 3. The number of hydrogen-bond donors (Lipinski definition) is 2. The van der Waals surface area contributed by atoms with E-state index in [0.717, 1.165) is 19.5 Å². The van der Waals surface area contributed by atoms with Crippen molar-refractivity contribution in [1.82, 2.24) is 15.5 Å². The van der Waals surface area contributed by atoms with Gasteiger partial charge in [-0.25, -0.2) is 0 Å². The maximum atomic E-state index is 12.5. The van der Waals surface area contributed by atoms with Crippen molar-refractivity contribution in [3.8, 4) is 0 Å². The van der Waals surface area contributed by atoms with E-state index in [1.807, 2.05) is 11.0 Å². The fourth-order valence-electron chi connectivity index (χ4n) is 3.12. The Labute approximate surface area is 182 Å². The molecular formula is C20H27IN4OS. The van der Waals surface area contributed by atoms with Crippen molar-refractivity contribution in [1.29, 1.82) is 0 Å². The van der Waals surface area contributed by atoms with E-state index in [2.05, 4.69) is 57.6 Å². The van der Waals surface area contributed by atoms with Gasteiger partial charge in [0.15, 0.2) is 5.96 Å². The van der Waals surface area contributed by atoms with Crippen LogP contribution in [0, 0.1) is 0 Å². The van der Waals surface area contributed by atoms with Gasteiger partial charge < -0.3 is 15.5 Å². The lowest BCUT2D eigenvalue weighted by molar-refractivity contribution is -0.130. The Balaban J connectivity index is 0.00000261. The zero-order valence-corrected chi connectivity index (χ0v) is 18.9. The first-order valence-electron chi connectivity index (χ1n) is 8.98. The van der Waals surface area contributed by atoms with Crippen LogP contribution in [-0.2, 0) is 17.8 Å². The standard InChI is InChI=1S/C20H26N4OS.HI/c1-15(18-8-10-26-14-18)11-22-20(21-2)23-12-19(25)24-9-7-16-5-3-4-6-17(16)13-24;/h3-6,8,10,14-15H,7,9,11-13H2,1-2H3,(H2,21,22,23);1H. The number of aliphatic imine (C=N–C) groups is 1. The summed E-state index contributed by atoms with van der Waals surface area (Å²) in [5.74, 6) is 1.17. The smallest absolute Gasteiger partial charge is 0.242 e. The molecule has 2 heterocycles. The van der Waals surface area contributed by atoms with E-state index in [9.17, 15) is 4.79 Å². The summed E-state index contributed by atoms with van der Waals surface area (Å²) in [4.78, 5) is 18.7. The summed E-state index contributed by atoms with van der Waals surface area (Å²) in [5, 5.41) is 10.7. The Hall–Kier alpha value is -1.61. The highest BCUT2D eigenvalue weighted by atomic mass is 127. The van der Waals surface area contributed by atoms with Crippen LogP contribution in [0.5, 0.6) is 0 Å². The predicted molar refractivity (Wildman–Crippen MR) is 123 cm³/mol. The molecule has 1 atom stereocenters. The number of carbonyl (C=O) groups is 1. The molecule has 7 heteroatoms. The van der Waals surface area contributed by atoms with Crippen LogP contribution in [0.3, 0.4) is 0 Å². The highest BCUT2D eigenvalue weighted by molar-refractivity contribution is 14.0. The predicted octanol–water partition coefficient (Wildman–Crippen LogP) is 3.22. The Kier molecular flexibility index (Phi) is 8.56. The van der Waals surface area contributed by atoms with E-state index < -0.39 is 0 Å². The number of thiophene rings is 1. The summed E-state index contributed by atoms with van der Waals surface area (Å²) in [5.41, 5.74) is 3.92. The quantitative estimate of drug-likeness (QED) is 0.378. The molecule has 1 aromatic heterocycles. The Bertz CT molecular complexity index is 763. The van der Waals surface area contributed by atoms with Crippen LogP contribution >= 0.6 is 35.3 Å². The first-order chi connectivity index (χ1) is 12.7. The average molecular weight is 498 g/mol. The van der Waals surface area contributed by atoms with Gasteiger partial charge in [-0.3, -0.25) is 9.79 Å². The van der Waals surface area contributed by atoms with Crippen LogP contribution in [0.2, 0.25) is 0 Å². The second kappa shape index (κ2) is 10.7. The number of guanidine groups is 1. The molecule has 0 fully saturated rings. The maximum Gasteiger partial charge on any atom is 0.242 e. The lowest BCUT2D eigenvalue weighted by atomic mass is 10.00. The van der Waals surface area contributed by atoms with Crippen LogP contribution in [0.1, 0.15) is 29.5 Å². The number of carbonyl (C=O) groups excluding carboxylic acids is 1. The molecule has 1 amide bonds. The van der Waals surface area contributed by atoms with Gasteiger partial charge in [-0.15, -0.1) is 24.0 Å². The van der Waals surface area contributed by atoms with Crippen LogP contribution < -0.4 is 10.6 Å². The molecule has 2 aromatic rings. The first-order valence-corrected chi connectivity index (χ1v) is 9.93. The van der Waals surface area contributed by atoms with Crippen molar-refractivity contribution >= 4 is 47.2 Å². The lowest BCUT2D eigenvalue weighted by Crippen LogP contribution is -2.46. The number of nitrogens with one attached hydrogen (secondary N) is 2. The minimum absolute atomic E-state index is 0. The van der Waals surface area contributed by atoms with Crippen LogP contribution in [0.15, 0.2) is 46.1 Å². The molecular weight excluding hydrogens is 471 g/mol. The Morgan fingerprint density at radius 1 is 1.26 bits per heavy atom. The van der Waals surface area contributed by atoms with Crippen molar-refractivity contribution < 1.29 is 4.79 Å². The molecule has 146 valence electrons. The van der Waals surface area contributed by atoms with Crippen molar-refractivity contribution in [2.75, 3.05) is 26.7 Å². The summed E-state index contributed by atoms with van der Waals surface area (Å²) in [6.07, 6.45) is 0.924. The molecule has 1 aliphatic heterocycles. The molecule has 0 radical (unpaired) electrons. The molecule has 1 unspecified atom stereocenters. The third-order valence-corrected chi connectivity index (χ3v) is 5.50. The highest BCUT2D eigenvalue weighted by Gasteiger charge is 2.20. The fourth-order valence-corrected chi connectivity index (χ4v) is 3.91. The lowest BCUT2D eigenvalue weighted by Gasteiger charge is -2.29. The molecule has 1 aliphatic rings. The van der Waals surface area contributed by atoms with Gasteiger partial charge in [0.25, 0.3) is 0 Å². The van der Waals surface area contributed by atoms with Crippen molar-refractivity contribution in [3.63, 3.8) is 0 Å². The third-order valence-electron chi connectivity index (χ3n) is 4.80. The van der Waals surface area contributed by atoms with E-state index in [1.165, 1.54) is 16.7 Å². The topological polar surface area (TPSA) is 56.7 Å². The third kappa shape index (κ3) is 5.93. The molecule has 0 saturated heterocycles. The highest BCUT2D eigenvalue weighted by Crippen LogP contribution is 2.18. The molecule has 1 aromatic carbocycles. The summed E-state index contributed by atoms with van der Waals surface area (Å²) in [6, 6.07) is 10.5. The normalized spacial score (nSPS) is 14.7. The maximum absolute atomic E-state index is 12.5. The van der Waals surface area contributed by atoms with Gasteiger partial charge in [0.2, 0.25) is 5.91 Å². The molecule has 2 N–H and O–H groups in total. The monoisotopic (exact) mass is 498 g/mol. The van der Waals surface area contributed by atoms with Gasteiger partial charge in [-0.1, -0.05) is 31.2 Å². The van der Waals surface area contributed by atoms with Crippen LogP contribution in [0.4, 0.5) is 0 Å². The minimum Gasteiger partial charge on any atom is -0.356 e. The molecule has 0 aliphatic carbocycles. The van der Waals surface area contributed by atoms with E-state index in [-0.39, 0.29) is 36.4 Å². The average Bonchev–Trinajstić information content (AvgIpc) is 3.22. The van der Waals surface area contributed by atoms with Crippen molar-refractivity contribution in [2.24, 2.45) is 4.99 Å². The summed E-state index contributed by atoms with van der Waals surface area (Å²) >= 11 is 1.71. The largest absolute Gasteiger partial charge is 0.356 e. The molecule has 0 saturated carbocycles. The van der Waals surface area contributed by atoms with E-state index in [1.54, 1.807) is 18.4 Å². The molecule has 5 nitrogen and oxygen atoms in total. The van der Waals surface area contributed by atoms with Crippen LogP contribution in [-0.4, -0.2) is 43.4 Å². The minimum atomic E-state index is 0. The van der Waals surface area contributed by atoms with E-state index in [0.29, 0.717) is 18.4 Å². The number of nitrogens with zero attached hydrogens (tertiary/aromatic N) is 2. The van der Waals surface area contributed by atoms with Gasteiger partial charge in [-0.2, -0.15) is 11.3 Å². The zero-order valence-electron chi connectivity index (χ0n) is 15.8.